The van der Waals surface area contributed by atoms with Gasteiger partial charge in [-0.25, -0.2) is 0 Å². The summed E-state index contributed by atoms with van der Waals surface area (Å²) in [4.78, 5) is 37.8. The maximum atomic E-state index is 12.7. The summed E-state index contributed by atoms with van der Waals surface area (Å²) in [5.41, 5.74) is 0. The Labute approximate surface area is 364 Å². The fraction of sp³-hybridized carbons (Fsp3) is 0.755. The minimum absolute atomic E-state index is 0.103. The fourth-order valence-corrected chi connectivity index (χ4v) is 6.80. The lowest BCUT2D eigenvalue weighted by atomic mass is 10.1. The average molecular weight is 825 g/mol. The number of unbranched alkanes of at least 4 members (excludes halogenated alkanes) is 23. The molecule has 0 aliphatic heterocycles. The van der Waals surface area contributed by atoms with Gasteiger partial charge in [-0.2, -0.15) is 0 Å². The van der Waals surface area contributed by atoms with E-state index in [4.69, 9.17) is 14.2 Å². The molecule has 0 bridgehead atoms. The number of ether oxygens (including phenoxy) is 3. The van der Waals surface area contributed by atoms with Gasteiger partial charge in [0.15, 0.2) is 6.10 Å². The van der Waals surface area contributed by atoms with E-state index < -0.39 is 12.1 Å². The Morgan fingerprint density at radius 3 is 1.10 bits per heavy atom. The molecule has 1 unspecified atom stereocenters. The van der Waals surface area contributed by atoms with Crippen LogP contribution in [0.3, 0.4) is 0 Å². The third-order valence-corrected chi connectivity index (χ3v) is 10.5. The monoisotopic (exact) mass is 825 g/mol. The maximum absolute atomic E-state index is 12.7. The first-order chi connectivity index (χ1) is 29.0. The molecule has 0 radical (unpaired) electrons. The highest BCUT2D eigenvalue weighted by atomic mass is 16.6. The van der Waals surface area contributed by atoms with Crippen LogP contribution in [0.4, 0.5) is 0 Å². The third kappa shape index (κ3) is 46.0. The van der Waals surface area contributed by atoms with Gasteiger partial charge in [-0.15, -0.1) is 0 Å². The quantitative estimate of drug-likeness (QED) is 0.0263. The number of carbonyl (C=O) groups excluding carboxylic acids is 3. The molecule has 0 saturated carbocycles. The SMILES string of the molecule is CC/C=C\C/C=C\C/C=C\C/C=C\CCC(=O)OC(COC(=O)CCCCCCCCC/C=C\CCCCCCCCC)COC(=O)CCCCCCCCCCCC. The Kier molecular flexibility index (Phi) is 45.4. The maximum Gasteiger partial charge on any atom is 0.306 e. The van der Waals surface area contributed by atoms with Crippen LogP contribution in [0, 0.1) is 0 Å². The van der Waals surface area contributed by atoms with Gasteiger partial charge in [0.05, 0.1) is 0 Å². The second-order valence-electron chi connectivity index (χ2n) is 16.3. The van der Waals surface area contributed by atoms with Crippen LogP contribution >= 0.6 is 0 Å². The summed E-state index contributed by atoms with van der Waals surface area (Å²) in [5, 5.41) is 0. The Morgan fingerprint density at radius 2 is 0.695 bits per heavy atom. The van der Waals surface area contributed by atoms with Crippen molar-refractivity contribution in [1.82, 2.24) is 0 Å². The second kappa shape index (κ2) is 47.8. The molecular weight excluding hydrogens is 733 g/mol. The number of allylic oxidation sites excluding steroid dienone is 10. The Morgan fingerprint density at radius 1 is 0.356 bits per heavy atom. The van der Waals surface area contributed by atoms with Crippen LogP contribution < -0.4 is 0 Å². The average Bonchev–Trinajstić information content (AvgIpc) is 3.23. The normalized spacial score (nSPS) is 12.5. The molecule has 0 aromatic heterocycles. The number of esters is 3. The highest BCUT2D eigenvalue weighted by molar-refractivity contribution is 5.71. The first-order valence-electron chi connectivity index (χ1n) is 24.8. The zero-order valence-electron chi connectivity index (χ0n) is 38.8. The molecule has 0 aliphatic rings. The molecular formula is C53H92O6. The van der Waals surface area contributed by atoms with Gasteiger partial charge in [0.25, 0.3) is 0 Å². The van der Waals surface area contributed by atoms with Crippen molar-refractivity contribution < 1.29 is 28.6 Å². The lowest BCUT2D eigenvalue weighted by Crippen LogP contribution is -2.30. The Hall–Kier alpha value is -2.89. The molecule has 0 aromatic rings. The molecule has 0 aromatic carbocycles. The zero-order valence-corrected chi connectivity index (χ0v) is 38.8. The number of rotatable bonds is 44. The highest BCUT2D eigenvalue weighted by Gasteiger charge is 2.19. The molecule has 59 heavy (non-hydrogen) atoms. The first kappa shape index (κ1) is 56.1. The van der Waals surface area contributed by atoms with Crippen molar-refractivity contribution >= 4 is 17.9 Å². The van der Waals surface area contributed by atoms with Crippen molar-refractivity contribution in [3.63, 3.8) is 0 Å². The minimum Gasteiger partial charge on any atom is -0.462 e. The van der Waals surface area contributed by atoms with Crippen LogP contribution in [-0.4, -0.2) is 37.2 Å². The van der Waals surface area contributed by atoms with Crippen LogP contribution in [0.2, 0.25) is 0 Å². The van der Waals surface area contributed by atoms with E-state index in [0.717, 1.165) is 64.2 Å². The summed E-state index contributed by atoms with van der Waals surface area (Å²) in [7, 11) is 0. The molecule has 0 amide bonds. The Bertz CT molecular complexity index is 1090. The van der Waals surface area contributed by atoms with Gasteiger partial charge in [-0.1, -0.05) is 210 Å². The second-order valence-corrected chi connectivity index (χ2v) is 16.3. The third-order valence-electron chi connectivity index (χ3n) is 10.5. The van der Waals surface area contributed by atoms with E-state index in [0.29, 0.717) is 19.3 Å². The predicted molar refractivity (Wildman–Crippen MR) is 251 cm³/mol. The molecule has 0 aliphatic carbocycles. The molecule has 0 spiro atoms. The van der Waals surface area contributed by atoms with Gasteiger partial charge in [0, 0.05) is 19.3 Å². The van der Waals surface area contributed by atoms with E-state index in [1.807, 2.05) is 12.2 Å². The van der Waals surface area contributed by atoms with Gasteiger partial charge in [0.2, 0.25) is 0 Å². The standard InChI is InChI=1S/C53H92O6/c1-4-7-10-13-16-19-22-24-25-26-27-28-30-31-34-37-40-43-46-52(55)58-49-50(48-57-51(54)45-42-39-36-33-21-18-15-12-9-6-3)59-53(56)47-44-41-38-35-32-29-23-20-17-14-11-8-5-2/h8,11,17,20,25-26,29,32,38,41,50H,4-7,9-10,12-16,18-19,21-24,27-28,30-31,33-37,39-40,42-49H2,1-3H3/b11-8-,20-17-,26-25-,32-29-,41-38-. The summed E-state index contributed by atoms with van der Waals surface area (Å²) in [6.45, 7) is 6.44. The van der Waals surface area contributed by atoms with Crippen LogP contribution in [0.15, 0.2) is 60.8 Å². The van der Waals surface area contributed by atoms with Crippen LogP contribution in [-0.2, 0) is 28.6 Å². The molecule has 0 fully saturated rings. The van der Waals surface area contributed by atoms with Crippen LogP contribution in [0.1, 0.15) is 239 Å². The summed E-state index contributed by atoms with van der Waals surface area (Å²) in [6.07, 6.45) is 57.9. The summed E-state index contributed by atoms with van der Waals surface area (Å²) in [6, 6.07) is 0. The molecule has 1 atom stereocenters. The lowest BCUT2D eigenvalue weighted by molar-refractivity contribution is -0.166. The lowest BCUT2D eigenvalue weighted by Gasteiger charge is -2.18. The molecule has 340 valence electrons. The molecule has 0 saturated heterocycles. The van der Waals surface area contributed by atoms with Crippen LogP contribution in [0.25, 0.3) is 0 Å². The minimum atomic E-state index is -0.810. The zero-order chi connectivity index (χ0) is 43.0. The van der Waals surface area contributed by atoms with Crippen molar-refractivity contribution in [2.75, 3.05) is 13.2 Å². The van der Waals surface area contributed by atoms with Crippen molar-refractivity contribution in [1.29, 1.82) is 0 Å². The summed E-state index contributed by atoms with van der Waals surface area (Å²) < 4.78 is 16.7. The molecule has 0 rings (SSSR count). The highest BCUT2D eigenvalue weighted by Crippen LogP contribution is 2.14. The Balaban J connectivity index is 4.40. The molecule has 6 nitrogen and oxygen atoms in total. The van der Waals surface area contributed by atoms with Gasteiger partial charge in [0.1, 0.15) is 13.2 Å². The van der Waals surface area contributed by atoms with Crippen molar-refractivity contribution in [2.45, 2.75) is 245 Å². The van der Waals surface area contributed by atoms with Gasteiger partial charge in [-0.05, 0) is 70.6 Å². The van der Waals surface area contributed by atoms with Crippen LogP contribution in [0.5, 0.6) is 0 Å². The predicted octanol–water partition coefficient (Wildman–Crippen LogP) is 16.1. The smallest absolute Gasteiger partial charge is 0.306 e. The van der Waals surface area contributed by atoms with E-state index in [9.17, 15) is 14.4 Å². The van der Waals surface area contributed by atoms with E-state index in [-0.39, 0.29) is 31.6 Å². The van der Waals surface area contributed by atoms with Gasteiger partial charge in [-0.3, -0.25) is 14.4 Å². The van der Waals surface area contributed by atoms with Crippen molar-refractivity contribution in [3.05, 3.63) is 60.8 Å². The van der Waals surface area contributed by atoms with E-state index in [2.05, 4.69) is 69.4 Å². The molecule has 0 N–H and O–H groups in total. The van der Waals surface area contributed by atoms with Gasteiger partial charge < -0.3 is 14.2 Å². The molecule has 0 heterocycles. The fourth-order valence-electron chi connectivity index (χ4n) is 6.80. The molecule has 6 heteroatoms. The number of carbonyl (C=O) groups is 3. The van der Waals surface area contributed by atoms with Crippen molar-refractivity contribution in [2.24, 2.45) is 0 Å². The summed E-state index contributed by atoms with van der Waals surface area (Å²) in [5.74, 6) is -0.989. The van der Waals surface area contributed by atoms with Gasteiger partial charge >= 0.3 is 17.9 Å². The topological polar surface area (TPSA) is 78.9 Å². The van der Waals surface area contributed by atoms with Crippen molar-refractivity contribution in [3.8, 4) is 0 Å². The largest absolute Gasteiger partial charge is 0.462 e. The first-order valence-corrected chi connectivity index (χ1v) is 24.8. The van der Waals surface area contributed by atoms with E-state index in [1.165, 1.54) is 128 Å². The van der Waals surface area contributed by atoms with E-state index >= 15 is 0 Å². The summed E-state index contributed by atoms with van der Waals surface area (Å²) >= 11 is 0. The number of hydrogen-bond acceptors (Lipinski definition) is 6. The van der Waals surface area contributed by atoms with E-state index in [1.54, 1.807) is 0 Å². The number of hydrogen-bond donors (Lipinski definition) is 0.